The summed E-state index contributed by atoms with van der Waals surface area (Å²) in [7, 11) is -3.93. The minimum atomic E-state index is -3.93. The molecule has 2 heterocycles. The number of carbonyl (C=O) groups excluding carboxylic acids is 1. The van der Waals surface area contributed by atoms with Gasteiger partial charge in [0.2, 0.25) is 0 Å². The van der Waals surface area contributed by atoms with E-state index in [1.54, 1.807) is 12.1 Å². The van der Waals surface area contributed by atoms with Gasteiger partial charge < -0.3 is 5.32 Å². The molecule has 0 bridgehead atoms. The lowest BCUT2D eigenvalue weighted by molar-refractivity contribution is 0.246. The summed E-state index contributed by atoms with van der Waals surface area (Å²) >= 11 is 0. The summed E-state index contributed by atoms with van der Waals surface area (Å²) in [5.41, 5.74) is 9.67. The van der Waals surface area contributed by atoms with Crippen molar-refractivity contribution in [1.29, 1.82) is 0 Å². The zero-order valence-corrected chi connectivity index (χ0v) is 25.4. The van der Waals surface area contributed by atoms with Crippen LogP contribution in [-0.4, -0.2) is 35.5 Å². The number of aromatic nitrogens is 3. The summed E-state index contributed by atoms with van der Waals surface area (Å²) in [5.74, 6) is 1.50. The van der Waals surface area contributed by atoms with E-state index in [0.717, 1.165) is 64.3 Å². The summed E-state index contributed by atoms with van der Waals surface area (Å²) in [6, 6.07) is 24.5. The molecule has 0 radical (unpaired) electrons. The van der Waals surface area contributed by atoms with Gasteiger partial charge in [-0.15, -0.1) is 0 Å². The first-order valence-electron chi connectivity index (χ1n) is 14.6. The van der Waals surface area contributed by atoms with Gasteiger partial charge in [-0.3, -0.25) is 4.57 Å². The molecule has 0 aliphatic heterocycles. The third-order valence-electron chi connectivity index (χ3n) is 8.06. The Bertz CT molecular complexity index is 1890. The van der Waals surface area contributed by atoms with Crippen molar-refractivity contribution in [2.24, 2.45) is 5.92 Å². The monoisotopic (exact) mass is 593 g/mol. The zero-order valence-electron chi connectivity index (χ0n) is 24.6. The maximum Gasteiger partial charge on any atom is 0.328 e. The maximum atomic E-state index is 12.5. The molecule has 0 atom stereocenters. The van der Waals surface area contributed by atoms with Gasteiger partial charge in [-0.25, -0.2) is 27.9 Å². The van der Waals surface area contributed by atoms with E-state index < -0.39 is 16.1 Å². The number of imidazole rings is 1. The lowest BCUT2D eigenvalue weighted by Gasteiger charge is -2.13. The molecular formula is C34H35N5O3S. The number of hydrogen-bond acceptors (Lipinski definition) is 5. The molecule has 8 nitrogen and oxygen atoms in total. The first-order chi connectivity index (χ1) is 20.7. The Kier molecular flexibility index (Phi) is 7.75. The van der Waals surface area contributed by atoms with Gasteiger partial charge in [0, 0.05) is 24.3 Å². The average molecular weight is 594 g/mol. The number of urea groups is 1. The molecule has 1 aliphatic carbocycles. The van der Waals surface area contributed by atoms with Crippen molar-refractivity contribution in [2.75, 3.05) is 6.54 Å². The number of hydrogen-bond donors (Lipinski definition) is 2. The van der Waals surface area contributed by atoms with E-state index in [9.17, 15) is 13.2 Å². The second kappa shape index (κ2) is 11.6. The van der Waals surface area contributed by atoms with Crippen molar-refractivity contribution >= 4 is 27.2 Å². The van der Waals surface area contributed by atoms with Gasteiger partial charge >= 0.3 is 6.03 Å². The van der Waals surface area contributed by atoms with E-state index in [4.69, 9.17) is 9.97 Å². The predicted molar refractivity (Wildman–Crippen MR) is 168 cm³/mol. The molecule has 2 amide bonds. The number of benzene rings is 3. The molecule has 5 aromatic rings. The fourth-order valence-electron chi connectivity index (χ4n) is 5.93. The fourth-order valence-corrected chi connectivity index (χ4v) is 6.86. The van der Waals surface area contributed by atoms with Crippen molar-refractivity contribution in [3.8, 4) is 5.69 Å². The van der Waals surface area contributed by atoms with Gasteiger partial charge in [-0.2, -0.15) is 0 Å². The SMILES string of the molecule is Cc1ccc(S(=O)(=O)NC(=O)NCCc2ccc(-n3c(CC4Cc5ccccc5C4)nc4c(C)cc(C)nc43)cc2)cc1. The first kappa shape index (κ1) is 28.6. The van der Waals surface area contributed by atoms with Crippen molar-refractivity contribution < 1.29 is 13.2 Å². The average Bonchev–Trinajstić information content (AvgIpc) is 3.54. The third-order valence-corrected chi connectivity index (χ3v) is 9.41. The topological polar surface area (TPSA) is 106 Å². The van der Waals surface area contributed by atoms with Crippen LogP contribution in [0.25, 0.3) is 16.9 Å². The standard InChI is InChI=1S/C34H35N5O3S/c1-22-8-14-30(15-9-22)43(41,42)38-34(40)35-17-16-25-10-12-29(13-11-25)39-31(37-32-23(2)18-24(3)36-33(32)39)21-26-19-27-6-4-5-7-28(27)20-26/h4-15,18,26H,16-17,19-21H2,1-3H3,(H2,35,38,40). The Morgan fingerprint density at radius 3 is 2.26 bits per heavy atom. The van der Waals surface area contributed by atoms with Gasteiger partial charge in [0.25, 0.3) is 10.0 Å². The largest absolute Gasteiger partial charge is 0.337 e. The van der Waals surface area contributed by atoms with Crippen LogP contribution in [0, 0.1) is 26.7 Å². The normalized spacial score (nSPS) is 13.3. The minimum absolute atomic E-state index is 0.0487. The van der Waals surface area contributed by atoms with Gasteiger partial charge in [0.15, 0.2) is 5.65 Å². The molecule has 0 saturated carbocycles. The number of amides is 2. The smallest absolute Gasteiger partial charge is 0.328 e. The van der Waals surface area contributed by atoms with Gasteiger partial charge in [-0.1, -0.05) is 54.1 Å². The number of nitrogens with zero attached hydrogens (tertiary/aromatic N) is 3. The Morgan fingerprint density at radius 1 is 0.907 bits per heavy atom. The van der Waals surface area contributed by atoms with Crippen LogP contribution in [0.3, 0.4) is 0 Å². The van der Waals surface area contributed by atoms with Crippen LogP contribution in [-0.2, 0) is 35.7 Å². The molecular weight excluding hydrogens is 558 g/mol. The third kappa shape index (κ3) is 6.17. The summed E-state index contributed by atoms with van der Waals surface area (Å²) in [6.45, 7) is 6.25. The van der Waals surface area contributed by atoms with Gasteiger partial charge in [0.1, 0.15) is 11.3 Å². The maximum absolute atomic E-state index is 12.5. The van der Waals surface area contributed by atoms with E-state index in [1.165, 1.54) is 23.3 Å². The molecule has 43 heavy (non-hydrogen) atoms. The summed E-state index contributed by atoms with van der Waals surface area (Å²) in [5, 5.41) is 2.65. The molecule has 6 rings (SSSR count). The minimum Gasteiger partial charge on any atom is -0.337 e. The molecule has 220 valence electrons. The van der Waals surface area contributed by atoms with Crippen LogP contribution in [0.2, 0.25) is 0 Å². The Balaban J connectivity index is 1.15. The lowest BCUT2D eigenvalue weighted by atomic mass is 10.0. The van der Waals surface area contributed by atoms with Crippen molar-refractivity contribution in [3.05, 3.63) is 118 Å². The number of pyridine rings is 1. The van der Waals surface area contributed by atoms with Crippen molar-refractivity contribution in [3.63, 3.8) is 0 Å². The van der Waals surface area contributed by atoms with E-state index in [1.807, 2.05) is 26.0 Å². The lowest BCUT2D eigenvalue weighted by Crippen LogP contribution is -2.40. The van der Waals surface area contributed by atoms with Gasteiger partial charge in [-0.05, 0) is 98.5 Å². The Labute approximate surface area is 252 Å². The number of rotatable bonds is 8. The molecule has 2 N–H and O–H groups in total. The van der Waals surface area contributed by atoms with Crippen LogP contribution in [0.4, 0.5) is 4.79 Å². The van der Waals surface area contributed by atoms with Crippen LogP contribution in [0.15, 0.2) is 83.8 Å². The highest BCUT2D eigenvalue weighted by Gasteiger charge is 2.25. The highest BCUT2D eigenvalue weighted by molar-refractivity contribution is 7.90. The zero-order chi connectivity index (χ0) is 30.1. The number of aryl methyl sites for hydroxylation is 3. The Morgan fingerprint density at radius 2 is 1.58 bits per heavy atom. The van der Waals surface area contributed by atoms with Crippen LogP contribution >= 0.6 is 0 Å². The Hall–Kier alpha value is -4.50. The highest BCUT2D eigenvalue weighted by atomic mass is 32.2. The first-order valence-corrected chi connectivity index (χ1v) is 16.0. The van der Waals surface area contributed by atoms with Crippen molar-refractivity contribution in [2.45, 2.75) is 51.3 Å². The predicted octanol–water partition coefficient (Wildman–Crippen LogP) is 5.53. The van der Waals surface area contributed by atoms with E-state index in [2.05, 4.69) is 64.0 Å². The van der Waals surface area contributed by atoms with Crippen LogP contribution in [0.5, 0.6) is 0 Å². The van der Waals surface area contributed by atoms with Crippen LogP contribution < -0.4 is 10.0 Å². The summed E-state index contributed by atoms with van der Waals surface area (Å²) < 4.78 is 29.2. The quantitative estimate of drug-likeness (QED) is 0.246. The van der Waals surface area contributed by atoms with E-state index >= 15 is 0 Å². The van der Waals surface area contributed by atoms with Gasteiger partial charge in [0.05, 0.1) is 4.90 Å². The van der Waals surface area contributed by atoms with E-state index in [0.29, 0.717) is 12.3 Å². The molecule has 0 saturated heterocycles. The fraction of sp³-hybridized carbons (Fsp3) is 0.265. The number of fused-ring (bicyclic) bond motifs is 2. The molecule has 1 aliphatic rings. The summed E-state index contributed by atoms with van der Waals surface area (Å²) in [4.78, 5) is 22.4. The second-order valence-corrected chi connectivity index (χ2v) is 13.1. The molecule has 0 fully saturated rings. The summed E-state index contributed by atoms with van der Waals surface area (Å²) in [6.07, 6.45) is 3.51. The van der Waals surface area contributed by atoms with Crippen LogP contribution in [0.1, 0.15) is 39.3 Å². The molecule has 2 aromatic heterocycles. The molecule has 3 aromatic carbocycles. The molecule has 9 heteroatoms. The van der Waals surface area contributed by atoms with E-state index in [-0.39, 0.29) is 11.4 Å². The molecule has 0 spiro atoms. The molecule has 0 unspecified atom stereocenters. The number of carbonyl (C=O) groups is 1. The highest BCUT2D eigenvalue weighted by Crippen LogP contribution is 2.31. The number of sulfonamides is 1. The van der Waals surface area contributed by atoms with Crippen molar-refractivity contribution in [1.82, 2.24) is 24.6 Å². The number of nitrogens with one attached hydrogen (secondary N) is 2. The second-order valence-electron chi connectivity index (χ2n) is 11.5.